The Morgan fingerprint density at radius 3 is 2.73 bits per heavy atom. The fourth-order valence-corrected chi connectivity index (χ4v) is 2.15. The van der Waals surface area contributed by atoms with Gasteiger partial charge in [-0.1, -0.05) is 12.2 Å². The van der Waals surface area contributed by atoms with E-state index in [4.69, 9.17) is 5.11 Å². The minimum absolute atomic E-state index is 0.0503. The monoisotopic (exact) mass is 318 g/mol. The lowest BCUT2D eigenvalue weighted by atomic mass is 10.1. The molecule has 0 amide bonds. The third-order valence-corrected chi connectivity index (χ3v) is 3.15. The normalized spacial score (nSPS) is 19.2. The average Bonchev–Trinajstić information content (AvgIpc) is 2.42. The maximum atomic E-state index is 12.1. The van der Waals surface area contributed by atoms with Gasteiger partial charge in [0.15, 0.2) is 0 Å². The number of likely N-dealkylation sites (tertiary alicyclic amines) is 1. The van der Waals surface area contributed by atoms with Crippen molar-refractivity contribution >= 4 is 11.6 Å². The van der Waals surface area contributed by atoms with Crippen molar-refractivity contribution in [3.8, 4) is 0 Å². The third-order valence-electron chi connectivity index (χ3n) is 3.15. The first-order chi connectivity index (χ1) is 10.3. The van der Waals surface area contributed by atoms with Crippen molar-refractivity contribution in [2.24, 2.45) is 4.99 Å². The standard InChI is InChI=1S/C15H21F3N2O2/c1-12(22)10-20-9-3-2-4-14(20)19-8-6-13(11-21)5-7-15(16,17)18/h5-7,21H,2-4,8-11H2,1H3/b7-5+,13-6-,19-14?. The largest absolute Gasteiger partial charge is 0.409 e. The molecule has 0 radical (unpaired) electrons. The van der Waals surface area contributed by atoms with Crippen LogP contribution in [0.2, 0.25) is 0 Å². The first-order valence-electron chi connectivity index (χ1n) is 7.15. The van der Waals surface area contributed by atoms with E-state index in [1.165, 1.54) is 13.0 Å². The van der Waals surface area contributed by atoms with Crippen molar-refractivity contribution in [2.75, 3.05) is 26.2 Å². The number of aliphatic hydroxyl groups is 1. The summed E-state index contributed by atoms with van der Waals surface area (Å²) in [4.78, 5) is 17.5. The molecular formula is C15H21F3N2O2. The minimum Gasteiger partial charge on any atom is -0.392 e. The lowest BCUT2D eigenvalue weighted by Crippen LogP contribution is -2.38. The average molecular weight is 318 g/mol. The van der Waals surface area contributed by atoms with Crippen LogP contribution < -0.4 is 0 Å². The Bertz CT molecular complexity index is 468. The molecule has 1 fully saturated rings. The summed E-state index contributed by atoms with van der Waals surface area (Å²) in [5.74, 6) is 0.851. The van der Waals surface area contributed by atoms with Crippen molar-refractivity contribution in [3.05, 3.63) is 23.8 Å². The van der Waals surface area contributed by atoms with Crippen molar-refractivity contribution < 1.29 is 23.1 Å². The number of ketones is 1. The lowest BCUT2D eigenvalue weighted by Gasteiger charge is -2.29. The highest BCUT2D eigenvalue weighted by atomic mass is 19.4. The summed E-state index contributed by atoms with van der Waals surface area (Å²) in [6, 6.07) is 0. The molecule has 22 heavy (non-hydrogen) atoms. The summed E-state index contributed by atoms with van der Waals surface area (Å²) >= 11 is 0. The number of carbonyl (C=O) groups is 1. The van der Waals surface area contributed by atoms with Gasteiger partial charge in [-0.05, 0) is 25.3 Å². The summed E-state index contributed by atoms with van der Waals surface area (Å²) < 4.78 is 36.2. The number of aliphatic imine (C=N–C) groups is 1. The number of carbonyl (C=O) groups excluding carboxylic acids is 1. The van der Waals surface area contributed by atoms with E-state index in [1.54, 1.807) is 0 Å². The molecule has 0 aromatic heterocycles. The van der Waals surface area contributed by atoms with Gasteiger partial charge in [-0.25, -0.2) is 0 Å². The number of piperidine rings is 1. The molecule has 0 aromatic carbocycles. The molecule has 1 aliphatic rings. The second-order valence-corrected chi connectivity index (χ2v) is 5.15. The number of Topliss-reactive ketones (excluding diaryl/α,β-unsaturated/α-hetero) is 1. The molecule has 1 rings (SSSR count). The van der Waals surface area contributed by atoms with Crippen LogP contribution in [0.4, 0.5) is 13.2 Å². The van der Waals surface area contributed by atoms with Crippen LogP contribution >= 0.6 is 0 Å². The Kier molecular flexibility index (Phi) is 7.31. The molecule has 0 bridgehead atoms. The molecule has 0 saturated carbocycles. The highest BCUT2D eigenvalue weighted by molar-refractivity contribution is 5.88. The van der Waals surface area contributed by atoms with Crippen molar-refractivity contribution in [2.45, 2.75) is 32.4 Å². The maximum absolute atomic E-state index is 12.1. The first-order valence-corrected chi connectivity index (χ1v) is 7.15. The molecule has 0 aliphatic carbocycles. The second kappa shape index (κ2) is 8.73. The topological polar surface area (TPSA) is 52.9 Å². The van der Waals surface area contributed by atoms with E-state index in [2.05, 4.69) is 4.99 Å². The number of nitrogens with zero attached hydrogens (tertiary/aromatic N) is 2. The van der Waals surface area contributed by atoms with Gasteiger partial charge in [-0.3, -0.25) is 9.79 Å². The van der Waals surface area contributed by atoms with Gasteiger partial charge in [-0.2, -0.15) is 13.2 Å². The van der Waals surface area contributed by atoms with Gasteiger partial charge in [0.25, 0.3) is 0 Å². The van der Waals surface area contributed by atoms with Crippen LogP contribution in [-0.2, 0) is 4.79 Å². The zero-order valence-corrected chi connectivity index (χ0v) is 12.6. The van der Waals surface area contributed by atoms with Crippen LogP contribution in [0, 0.1) is 0 Å². The van der Waals surface area contributed by atoms with Crippen LogP contribution in [0.1, 0.15) is 26.2 Å². The van der Waals surface area contributed by atoms with Gasteiger partial charge >= 0.3 is 6.18 Å². The number of alkyl halides is 3. The van der Waals surface area contributed by atoms with Crippen LogP contribution in [0.25, 0.3) is 0 Å². The Balaban J connectivity index is 2.68. The van der Waals surface area contributed by atoms with Gasteiger partial charge in [0.1, 0.15) is 5.78 Å². The van der Waals surface area contributed by atoms with Gasteiger partial charge < -0.3 is 10.0 Å². The number of aliphatic hydroxyl groups excluding tert-OH is 1. The smallest absolute Gasteiger partial charge is 0.392 e. The molecule has 1 heterocycles. The SMILES string of the molecule is CC(=O)CN1CCCCC1=NC/C=C(/C=C/C(F)(F)F)CO. The molecule has 124 valence electrons. The highest BCUT2D eigenvalue weighted by Gasteiger charge is 2.22. The number of hydrogen-bond acceptors (Lipinski definition) is 3. The molecule has 1 N–H and O–H groups in total. The molecule has 0 unspecified atom stereocenters. The molecule has 0 aromatic rings. The van der Waals surface area contributed by atoms with E-state index in [9.17, 15) is 18.0 Å². The number of amidine groups is 1. The summed E-state index contributed by atoms with van der Waals surface area (Å²) in [5.41, 5.74) is 0.163. The molecule has 1 saturated heterocycles. The van der Waals surface area contributed by atoms with Crippen LogP contribution in [0.5, 0.6) is 0 Å². The van der Waals surface area contributed by atoms with E-state index in [1.807, 2.05) is 4.90 Å². The molecule has 0 spiro atoms. The molecule has 7 heteroatoms. The fourth-order valence-electron chi connectivity index (χ4n) is 2.15. The third kappa shape index (κ3) is 7.40. The molecule has 0 atom stereocenters. The Morgan fingerprint density at radius 1 is 1.41 bits per heavy atom. The zero-order valence-electron chi connectivity index (χ0n) is 12.6. The van der Waals surface area contributed by atoms with E-state index in [0.29, 0.717) is 6.54 Å². The molecule has 4 nitrogen and oxygen atoms in total. The lowest BCUT2D eigenvalue weighted by molar-refractivity contribution is -0.117. The van der Waals surface area contributed by atoms with Crippen LogP contribution in [-0.4, -0.2) is 54.0 Å². The van der Waals surface area contributed by atoms with Crippen molar-refractivity contribution in [1.29, 1.82) is 0 Å². The van der Waals surface area contributed by atoms with Crippen LogP contribution in [0.3, 0.4) is 0 Å². The number of hydrogen-bond donors (Lipinski definition) is 1. The van der Waals surface area contributed by atoms with E-state index < -0.39 is 12.8 Å². The predicted octanol–water partition coefficient (Wildman–Crippen LogP) is 2.50. The summed E-state index contributed by atoms with van der Waals surface area (Å²) in [5, 5.41) is 9.04. The maximum Gasteiger partial charge on any atom is 0.409 e. The van der Waals surface area contributed by atoms with E-state index in [-0.39, 0.29) is 24.0 Å². The second-order valence-electron chi connectivity index (χ2n) is 5.15. The first kappa shape index (κ1) is 18.4. The minimum atomic E-state index is -4.40. The number of allylic oxidation sites excluding steroid dienone is 1. The van der Waals surface area contributed by atoms with Gasteiger partial charge in [-0.15, -0.1) is 0 Å². The van der Waals surface area contributed by atoms with Crippen molar-refractivity contribution in [3.63, 3.8) is 0 Å². The van der Waals surface area contributed by atoms with Gasteiger partial charge in [0.05, 0.1) is 25.5 Å². The Morgan fingerprint density at radius 2 is 2.14 bits per heavy atom. The van der Waals surface area contributed by atoms with Crippen molar-refractivity contribution in [1.82, 2.24) is 4.90 Å². The summed E-state index contributed by atoms with van der Waals surface area (Å²) in [6.45, 7) is 2.29. The molecule has 1 aliphatic heterocycles. The zero-order chi connectivity index (χ0) is 16.6. The Hall–Kier alpha value is -1.63. The van der Waals surface area contributed by atoms with E-state index >= 15 is 0 Å². The van der Waals surface area contributed by atoms with E-state index in [0.717, 1.165) is 37.7 Å². The summed E-state index contributed by atoms with van der Waals surface area (Å²) in [7, 11) is 0. The Labute approximate surface area is 128 Å². The summed E-state index contributed by atoms with van der Waals surface area (Å²) in [6.07, 6.45) is 0.723. The predicted molar refractivity (Wildman–Crippen MR) is 78.8 cm³/mol. The fraction of sp³-hybridized carbons (Fsp3) is 0.600. The quantitative estimate of drug-likeness (QED) is 0.766. The van der Waals surface area contributed by atoms with Gasteiger partial charge in [0.2, 0.25) is 0 Å². The van der Waals surface area contributed by atoms with Gasteiger partial charge in [0, 0.05) is 19.0 Å². The molecular weight excluding hydrogens is 297 g/mol. The number of halogens is 3. The highest BCUT2D eigenvalue weighted by Crippen LogP contribution is 2.17. The number of rotatable bonds is 6. The van der Waals surface area contributed by atoms with Crippen LogP contribution in [0.15, 0.2) is 28.8 Å².